The van der Waals surface area contributed by atoms with Crippen molar-refractivity contribution >= 4 is 22.8 Å². The van der Waals surface area contributed by atoms with E-state index in [0.29, 0.717) is 36.1 Å². The van der Waals surface area contributed by atoms with Gasteiger partial charge in [0.25, 0.3) is 5.91 Å². The molecule has 1 aliphatic heterocycles. The summed E-state index contributed by atoms with van der Waals surface area (Å²) in [7, 11) is 0. The first-order chi connectivity index (χ1) is 12.0. The Morgan fingerprint density at radius 1 is 1.08 bits per heavy atom. The third-order valence-corrected chi connectivity index (χ3v) is 4.57. The van der Waals surface area contributed by atoms with Crippen LogP contribution in [0.25, 0.3) is 10.9 Å². The number of benzene rings is 2. The lowest BCUT2D eigenvalue weighted by atomic mass is 9.97. The summed E-state index contributed by atoms with van der Waals surface area (Å²) in [6.07, 6.45) is 0.676. The highest BCUT2D eigenvalue weighted by Crippen LogP contribution is 2.23. The summed E-state index contributed by atoms with van der Waals surface area (Å²) < 4.78 is 13.3. The van der Waals surface area contributed by atoms with Gasteiger partial charge in [-0.1, -0.05) is 6.07 Å². The number of carbonyl (C=O) groups excluding carboxylic acids is 1. The summed E-state index contributed by atoms with van der Waals surface area (Å²) in [5.74, 6) is -1.51. The Bertz CT molecular complexity index is 1010. The summed E-state index contributed by atoms with van der Waals surface area (Å²) >= 11 is 0. The molecule has 4 rings (SSSR count). The second-order valence-electron chi connectivity index (χ2n) is 6.18. The van der Waals surface area contributed by atoms with Crippen LogP contribution in [0.2, 0.25) is 0 Å². The normalized spacial score (nSPS) is 13.7. The fourth-order valence-corrected chi connectivity index (χ4v) is 3.25. The molecule has 3 aromatic rings. The number of nitrogens with one attached hydrogen (secondary N) is 1. The number of rotatable bonds is 2. The fourth-order valence-electron chi connectivity index (χ4n) is 3.25. The van der Waals surface area contributed by atoms with Crippen LogP contribution < -0.4 is 0 Å². The van der Waals surface area contributed by atoms with Crippen LogP contribution >= 0.6 is 0 Å². The third kappa shape index (κ3) is 2.76. The van der Waals surface area contributed by atoms with Crippen molar-refractivity contribution in [2.75, 3.05) is 6.54 Å². The number of aromatic carboxylic acids is 1. The van der Waals surface area contributed by atoms with Gasteiger partial charge < -0.3 is 15.0 Å². The van der Waals surface area contributed by atoms with Gasteiger partial charge in [0.2, 0.25) is 0 Å². The molecule has 0 saturated heterocycles. The molecule has 0 radical (unpaired) electrons. The smallest absolute Gasteiger partial charge is 0.335 e. The van der Waals surface area contributed by atoms with Crippen molar-refractivity contribution < 1.29 is 19.1 Å². The fraction of sp³-hybridized carbons (Fsp3) is 0.158. The Morgan fingerprint density at radius 3 is 2.72 bits per heavy atom. The maximum absolute atomic E-state index is 13.3. The molecule has 1 amide bonds. The number of carboxylic acids is 1. The Kier molecular flexibility index (Phi) is 3.53. The first-order valence-electron chi connectivity index (χ1n) is 7.94. The molecule has 1 aromatic heterocycles. The average Bonchev–Trinajstić information content (AvgIpc) is 3.03. The third-order valence-electron chi connectivity index (χ3n) is 4.57. The summed E-state index contributed by atoms with van der Waals surface area (Å²) in [6.45, 7) is 0.918. The van der Waals surface area contributed by atoms with Crippen LogP contribution in [-0.4, -0.2) is 33.4 Å². The predicted molar refractivity (Wildman–Crippen MR) is 90.1 cm³/mol. The van der Waals surface area contributed by atoms with E-state index in [4.69, 9.17) is 5.11 Å². The van der Waals surface area contributed by atoms with E-state index in [1.165, 1.54) is 12.1 Å². The van der Waals surface area contributed by atoms with E-state index >= 15 is 0 Å². The topological polar surface area (TPSA) is 73.4 Å². The number of nitrogens with zero attached hydrogens (tertiary/aromatic N) is 1. The molecular formula is C19H15FN2O3. The van der Waals surface area contributed by atoms with Crippen LogP contribution in [0.5, 0.6) is 0 Å². The van der Waals surface area contributed by atoms with Crippen LogP contribution in [0.1, 0.15) is 32.0 Å². The molecule has 1 aliphatic rings. The maximum atomic E-state index is 13.3. The van der Waals surface area contributed by atoms with Crippen molar-refractivity contribution in [1.29, 1.82) is 0 Å². The van der Waals surface area contributed by atoms with Gasteiger partial charge in [0.05, 0.1) is 5.56 Å². The molecule has 2 N–H and O–H groups in total. The van der Waals surface area contributed by atoms with Crippen molar-refractivity contribution in [3.8, 4) is 0 Å². The maximum Gasteiger partial charge on any atom is 0.335 e. The molecule has 5 nitrogen and oxygen atoms in total. The zero-order valence-corrected chi connectivity index (χ0v) is 13.3. The molecule has 0 unspecified atom stereocenters. The van der Waals surface area contributed by atoms with E-state index in [9.17, 15) is 14.0 Å². The number of aromatic amines is 1. The molecule has 0 bridgehead atoms. The highest BCUT2D eigenvalue weighted by molar-refractivity contribution is 5.98. The molecule has 6 heteroatoms. The van der Waals surface area contributed by atoms with Crippen LogP contribution in [0.3, 0.4) is 0 Å². The van der Waals surface area contributed by atoms with E-state index in [-0.39, 0.29) is 17.3 Å². The van der Waals surface area contributed by atoms with Crippen molar-refractivity contribution in [2.24, 2.45) is 0 Å². The van der Waals surface area contributed by atoms with Crippen molar-refractivity contribution in [2.45, 2.75) is 13.0 Å². The van der Waals surface area contributed by atoms with Gasteiger partial charge in [-0.05, 0) is 53.9 Å². The Morgan fingerprint density at radius 2 is 1.92 bits per heavy atom. The molecule has 0 atom stereocenters. The number of H-pyrrole nitrogens is 1. The summed E-state index contributed by atoms with van der Waals surface area (Å²) in [5, 5.41) is 9.77. The lowest BCUT2D eigenvalue weighted by molar-refractivity contribution is 0.0696. The quantitative estimate of drug-likeness (QED) is 0.753. The summed E-state index contributed by atoms with van der Waals surface area (Å²) in [4.78, 5) is 28.6. The zero-order chi connectivity index (χ0) is 17.6. The van der Waals surface area contributed by atoms with Gasteiger partial charge in [0.15, 0.2) is 0 Å². The molecule has 25 heavy (non-hydrogen) atoms. The van der Waals surface area contributed by atoms with Gasteiger partial charge in [-0.3, -0.25) is 4.79 Å². The minimum Gasteiger partial charge on any atom is -0.478 e. The molecule has 2 heterocycles. The Balaban J connectivity index is 1.62. The van der Waals surface area contributed by atoms with Crippen LogP contribution in [0.15, 0.2) is 42.5 Å². The predicted octanol–water partition coefficient (Wildman–Crippen LogP) is 3.20. The standard InChI is InChI=1S/C19H15FN2O3/c20-15-3-4-16-13(8-15)9-17(21-16)18(23)22-6-5-11-1-2-12(19(24)25)7-14(11)10-22/h1-4,7-9,21H,5-6,10H2,(H,24,25). The molecule has 0 fully saturated rings. The first kappa shape index (κ1) is 15.4. The second kappa shape index (κ2) is 5.73. The van der Waals surface area contributed by atoms with Gasteiger partial charge in [-0.15, -0.1) is 0 Å². The second-order valence-corrected chi connectivity index (χ2v) is 6.18. The monoisotopic (exact) mass is 338 g/mol. The minimum absolute atomic E-state index is 0.178. The average molecular weight is 338 g/mol. The first-order valence-corrected chi connectivity index (χ1v) is 7.94. The number of hydrogen-bond donors (Lipinski definition) is 2. The van der Waals surface area contributed by atoms with Crippen molar-refractivity contribution in [3.05, 3.63) is 70.7 Å². The Labute approximate surface area is 142 Å². The minimum atomic E-state index is -0.983. The van der Waals surface area contributed by atoms with Crippen molar-refractivity contribution in [3.63, 3.8) is 0 Å². The number of hydrogen-bond acceptors (Lipinski definition) is 2. The van der Waals surface area contributed by atoms with Gasteiger partial charge in [-0.2, -0.15) is 0 Å². The zero-order valence-electron chi connectivity index (χ0n) is 13.3. The van der Waals surface area contributed by atoms with E-state index in [0.717, 1.165) is 11.1 Å². The SMILES string of the molecule is O=C(O)c1ccc2c(c1)CN(C(=O)c1cc3cc(F)ccc3[nH]1)CC2. The molecule has 0 saturated carbocycles. The van der Waals surface area contributed by atoms with Gasteiger partial charge >= 0.3 is 5.97 Å². The van der Waals surface area contributed by atoms with E-state index in [1.54, 1.807) is 29.2 Å². The van der Waals surface area contributed by atoms with Crippen LogP contribution in [0.4, 0.5) is 4.39 Å². The van der Waals surface area contributed by atoms with Gasteiger partial charge in [0, 0.05) is 24.0 Å². The summed E-state index contributed by atoms with van der Waals surface area (Å²) in [6, 6.07) is 11.0. The number of fused-ring (bicyclic) bond motifs is 2. The van der Waals surface area contributed by atoms with E-state index < -0.39 is 5.97 Å². The number of carbonyl (C=O) groups is 2. The number of amides is 1. The lowest BCUT2D eigenvalue weighted by Gasteiger charge is -2.28. The largest absolute Gasteiger partial charge is 0.478 e. The van der Waals surface area contributed by atoms with Gasteiger partial charge in [-0.25, -0.2) is 9.18 Å². The highest BCUT2D eigenvalue weighted by Gasteiger charge is 2.23. The van der Waals surface area contributed by atoms with Gasteiger partial charge in [0.1, 0.15) is 11.5 Å². The highest BCUT2D eigenvalue weighted by atomic mass is 19.1. The van der Waals surface area contributed by atoms with Crippen LogP contribution in [-0.2, 0) is 13.0 Å². The molecule has 0 aliphatic carbocycles. The van der Waals surface area contributed by atoms with E-state index in [1.807, 2.05) is 6.07 Å². The Hall–Kier alpha value is -3.15. The molecule has 126 valence electrons. The number of halogens is 1. The molecule has 2 aromatic carbocycles. The number of aromatic nitrogens is 1. The molecule has 0 spiro atoms. The van der Waals surface area contributed by atoms with Crippen molar-refractivity contribution in [1.82, 2.24) is 9.88 Å². The lowest BCUT2D eigenvalue weighted by Crippen LogP contribution is -2.36. The number of carboxylic acid groups (broad SMARTS) is 1. The van der Waals surface area contributed by atoms with Crippen LogP contribution in [0, 0.1) is 5.82 Å². The summed E-state index contributed by atoms with van der Waals surface area (Å²) in [5.41, 5.74) is 3.23. The molecular weight excluding hydrogens is 323 g/mol. The van der Waals surface area contributed by atoms with E-state index in [2.05, 4.69) is 4.98 Å².